The lowest BCUT2D eigenvalue weighted by molar-refractivity contribution is 0.583. The third kappa shape index (κ3) is 4.89. The number of aromatic nitrogens is 1. The van der Waals surface area contributed by atoms with Crippen LogP contribution in [-0.4, -0.2) is 19.9 Å². The zero-order valence-electron chi connectivity index (χ0n) is 11.9. The van der Waals surface area contributed by atoms with Gasteiger partial charge in [-0.05, 0) is 42.8 Å². The molecule has 0 aliphatic carbocycles. The number of hydrogen-bond donors (Lipinski definition) is 2. The van der Waals surface area contributed by atoms with Crippen molar-refractivity contribution in [3.8, 4) is 0 Å². The Hall–Kier alpha value is -1.28. The Balaban J connectivity index is 1.96. The Bertz CT molecular complexity index is 654. The van der Waals surface area contributed by atoms with E-state index in [1.54, 1.807) is 30.6 Å². The van der Waals surface area contributed by atoms with Crippen molar-refractivity contribution in [1.82, 2.24) is 15.0 Å². The molecule has 0 bridgehead atoms. The molecule has 2 heterocycles. The van der Waals surface area contributed by atoms with Crippen LogP contribution in [0.2, 0.25) is 0 Å². The maximum Gasteiger partial charge on any atom is 0.250 e. The van der Waals surface area contributed by atoms with E-state index in [-0.39, 0.29) is 6.54 Å². The Morgan fingerprint density at radius 1 is 1.14 bits per heavy atom. The molecule has 0 amide bonds. The molecule has 7 heteroatoms. The molecule has 0 unspecified atom stereocenters. The molecule has 2 N–H and O–H groups in total. The first-order valence-electron chi connectivity index (χ1n) is 6.80. The summed E-state index contributed by atoms with van der Waals surface area (Å²) in [7, 11) is -3.45. The molecule has 0 fully saturated rings. The van der Waals surface area contributed by atoms with E-state index in [0.717, 1.165) is 23.4 Å². The van der Waals surface area contributed by atoms with E-state index in [1.165, 1.54) is 11.3 Å². The van der Waals surface area contributed by atoms with Gasteiger partial charge in [-0.1, -0.05) is 6.92 Å². The molecule has 2 aromatic heterocycles. The number of thiophene rings is 1. The molecular weight excluding hydrogens is 306 g/mol. The first kappa shape index (κ1) is 16.1. The van der Waals surface area contributed by atoms with Crippen LogP contribution in [0.3, 0.4) is 0 Å². The highest BCUT2D eigenvalue weighted by Crippen LogP contribution is 2.21. The zero-order valence-corrected chi connectivity index (χ0v) is 13.5. The van der Waals surface area contributed by atoms with Crippen LogP contribution in [0.15, 0.2) is 40.9 Å². The number of nitrogens with one attached hydrogen (secondary N) is 2. The third-order valence-electron chi connectivity index (χ3n) is 2.84. The van der Waals surface area contributed by atoms with Crippen molar-refractivity contribution < 1.29 is 8.42 Å². The van der Waals surface area contributed by atoms with Crippen molar-refractivity contribution >= 4 is 21.4 Å². The Kier molecular flexibility index (Phi) is 5.86. The van der Waals surface area contributed by atoms with Gasteiger partial charge >= 0.3 is 0 Å². The maximum atomic E-state index is 12.2. The first-order chi connectivity index (χ1) is 10.1. The Morgan fingerprint density at radius 3 is 2.62 bits per heavy atom. The number of hydrogen-bond acceptors (Lipinski definition) is 5. The maximum absolute atomic E-state index is 12.2. The van der Waals surface area contributed by atoms with Gasteiger partial charge in [0.15, 0.2) is 0 Å². The van der Waals surface area contributed by atoms with Crippen molar-refractivity contribution in [2.24, 2.45) is 0 Å². The standard InChI is InChI=1S/C14H19N3O2S2/c1-2-7-16-11-13-3-4-14(20-13)21(18,19)17-10-12-5-8-15-9-6-12/h3-6,8-9,16-17H,2,7,10-11H2,1H3. The molecular formula is C14H19N3O2S2. The van der Waals surface area contributed by atoms with Gasteiger partial charge in [0.1, 0.15) is 4.21 Å². The van der Waals surface area contributed by atoms with E-state index in [9.17, 15) is 8.42 Å². The summed E-state index contributed by atoms with van der Waals surface area (Å²) >= 11 is 1.30. The average molecular weight is 325 g/mol. The fourth-order valence-corrected chi connectivity index (χ4v) is 4.12. The van der Waals surface area contributed by atoms with E-state index in [4.69, 9.17) is 0 Å². The van der Waals surface area contributed by atoms with Gasteiger partial charge in [0, 0.05) is 30.4 Å². The van der Waals surface area contributed by atoms with Crippen LogP contribution in [-0.2, 0) is 23.1 Å². The monoisotopic (exact) mass is 325 g/mol. The number of pyridine rings is 1. The predicted molar refractivity (Wildman–Crippen MR) is 84.6 cm³/mol. The van der Waals surface area contributed by atoms with Gasteiger partial charge in [-0.25, -0.2) is 13.1 Å². The minimum absolute atomic E-state index is 0.270. The molecule has 21 heavy (non-hydrogen) atoms. The molecule has 0 atom stereocenters. The third-order valence-corrected chi connectivity index (χ3v) is 5.82. The molecule has 0 saturated carbocycles. The van der Waals surface area contributed by atoms with Crippen LogP contribution < -0.4 is 10.0 Å². The van der Waals surface area contributed by atoms with Crippen LogP contribution in [0.5, 0.6) is 0 Å². The quantitative estimate of drug-likeness (QED) is 0.729. The second-order valence-electron chi connectivity index (χ2n) is 4.58. The summed E-state index contributed by atoms with van der Waals surface area (Å²) in [6, 6.07) is 7.09. The summed E-state index contributed by atoms with van der Waals surface area (Å²) in [5, 5.41) is 3.26. The fraction of sp³-hybridized carbons (Fsp3) is 0.357. The first-order valence-corrected chi connectivity index (χ1v) is 9.10. The summed E-state index contributed by atoms with van der Waals surface area (Å²) in [6.07, 6.45) is 4.35. The molecule has 0 spiro atoms. The normalized spacial score (nSPS) is 11.7. The van der Waals surface area contributed by atoms with Gasteiger partial charge in [-0.3, -0.25) is 4.98 Å². The van der Waals surface area contributed by atoms with E-state index in [1.807, 2.05) is 6.07 Å². The number of rotatable bonds is 8. The number of nitrogens with zero attached hydrogens (tertiary/aromatic N) is 1. The lowest BCUT2D eigenvalue weighted by Crippen LogP contribution is -2.22. The van der Waals surface area contributed by atoms with Crippen molar-refractivity contribution in [3.05, 3.63) is 47.1 Å². The van der Waals surface area contributed by atoms with Crippen LogP contribution >= 0.6 is 11.3 Å². The highest BCUT2D eigenvalue weighted by atomic mass is 32.2. The predicted octanol–water partition coefficient (Wildman–Crippen LogP) is 2.12. The zero-order chi connectivity index (χ0) is 15.1. The van der Waals surface area contributed by atoms with Crippen LogP contribution in [0.1, 0.15) is 23.8 Å². The van der Waals surface area contributed by atoms with E-state index < -0.39 is 10.0 Å². The lowest BCUT2D eigenvalue weighted by atomic mass is 10.3. The molecule has 0 saturated heterocycles. The van der Waals surface area contributed by atoms with Gasteiger partial charge in [-0.2, -0.15) is 0 Å². The van der Waals surface area contributed by atoms with Crippen molar-refractivity contribution in [2.75, 3.05) is 6.54 Å². The molecule has 2 rings (SSSR count). The van der Waals surface area contributed by atoms with Crippen LogP contribution in [0.25, 0.3) is 0 Å². The van der Waals surface area contributed by atoms with Crippen LogP contribution in [0, 0.1) is 0 Å². The SMILES string of the molecule is CCCNCc1ccc(S(=O)(=O)NCc2ccncc2)s1. The molecule has 114 valence electrons. The summed E-state index contributed by atoms with van der Waals surface area (Å²) in [4.78, 5) is 4.93. The summed E-state index contributed by atoms with van der Waals surface area (Å²) < 4.78 is 27.4. The summed E-state index contributed by atoms with van der Waals surface area (Å²) in [6.45, 7) is 4.01. The topological polar surface area (TPSA) is 71.1 Å². The smallest absolute Gasteiger partial charge is 0.250 e. The Labute approximate surface area is 129 Å². The van der Waals surface area contributed by atoms with E-state index >= 15 is 0 Å². The van der Waals surface area contributed by atoms with Gasteiger partial charge in [0.05, 0.1) is 0 Å². The van der Waals surface area contributed by atoms with Gasteiger partial charge in [-0.15, -0.1) is 11.3 Å². The highest BCUT2D eigenvalue weighted by molar-refractivity contribution is 7.91. The van der Waals surface area contributed by atoms with Gasteiger partial charge in [0.25, 0.3) is 0 Å². The second-order valence-corrected chi connectivity index (χ2v) is 7.74. The largest absolute Gasteiger partial charge is 0.312 e. The average Bonchev–Trinajstić information content (AvgIpc) is 2.96. The second kappa shape index (κ2) is 7.65. The lowest BCUT2D eigenvalue weighted by Gasteiger charge is -2.04. The molecule has 0 aromatic carbocycles. The molecule has 0 radical (unpaired) electrons. The fourth-order valence-electron chi connectivity index (χ4n) is 1.74. The minimum atomic E-state index is -3.45. The Morgan fingerprint density at radius 2 is 1.90 bits per heavy atom. The van der Waals surface area contributed by atoms with E-state index in [2.05, 4.69) is 21.9 Å². The van der Waals surface area contributed by atoms with Crippen molar-refractivity contribution in [3.63, 3.8) is 0 Å². The van der Waals surface area contributed by atoms with Gasteiger partial charge < -0.3 is 5.32 Å². The highest BCUT2D eigenvalue weighted by Gasteiger charge is 2.16. The summed E-state index contributed by atoms with van der Waals surface area (Å²) in [5.41, 5.74) is 0.884. The van der Waals surface area contributed by atoms with E-state index in [0.29, 0.717) is 10.8 Å². The summed E-state index contributed by atoms with van der Waals surface area (Å²) in [5.74, 6) is 0. The molecule has 0 aliphatic rings. The van der Waals surface area contributed by atoms with Gasteiger partial charge in [0.2, 0.25) is 10.0 Å². The van der Waals surface area contributed by atoms with Crippen LogP contribution in [0.4, 0.5) is 0 Å². The molecule has 5 nitrogen and oxygen atoms in total. The number of sulfonamides is 1. The van der Waals surface area contributed by atoms with Crippen molar-refractivity contribution in [1.29, 1.82) is 0 Å². The molecule has 2 aromatic rings. The molecule has 0 aliphatic heterocycles. The minimum Gasteiger partial charge on any atom is -0.312 e. The van der Waals surface area contributed by atoms with Crippen molar-refractivity contribution in [2.45, 2.75) is 30.6 Å².